The summed E-state index contributed by atoms with van der Waals surface area (Å²) in [4.78, 5) is 0. The largest absolute Gasteiger partial charge is 0.381 e. The van der Waals surface area contributed by atoms with E-state index in [1.807, 2.05) is 0 Å². The van der Waals surface area contributed by atoms with Gasteiger partial charge in [-0.15, -0.1) is 0 Å². The Morgan fingerprint density at radius 1 is 1.07 bits per heavy atom. The summed E-state index contributed by atoms with van der Waals surface area (Å²) in [5.74, 6) is 1.54. The summed E-state index contributed by atoms with van der Waals surface area (Å²) < 4.78 is 11.3. The second-order valence-corrected chi connectivity index (χ2v) is 4.83. The summed E-state index contributed by atoms with van der Waals surface area (Å²) in [6.45, 7) is 3.61. The molecule has 0 radical (unpaired) electrons. The standard InChI is InChI=1S/C12H23NO2/c13-5-1-10-2-8-15-12(9-10)11-3-6-14-7-4-11/h10-12H,1-9,13H2. The van der Waals surface area contributed by atoms with Crippen molar-refractivity contribution >= 4 is 0 Å². The summed E-state index contributed by atoms with van der Waals surface area (Å²) in [5, 5.41) is 0. The van der Waals surface area contributed by atoms with Gasteiger partial charge in [-0.1, -0.05) is 0 Å². The lowest BCUT2D eigenvalue weighted by atomic mass is 9.83. The monoisotopic (exact) mass is 213 g/mol. The van der Waals surface area contributed by atoms with Crippen LogP contribution in [0.25, 0.3) is 0 Å². The number of hydrogen-bond acceptors (Lipinski definition) is 3. The Morgan fingerprint density at radius 3 is 2.60 bits per heavy atom. The molecule has 2 fully saturated rings. The maximum Gasteiger partial charge on any atom is 0.0607 e. The highest BCUT2D eigenvalue weighted by Gasteiger charge is 2.29. The molecule has 2 heterocycles. The maximum atomic E-state index is 5.90. The summed E-state index contributed by atoms with van der Waals surface area (Å²) >= 11 is 0. The van der Waals surface area contributed by atoms with E-state index in [1.165, 1.54) is 32.1 Å². The van der Waals surface area contributed by atoms with Crippen molar-refractivity contribution in [2.45, 2.75) is 38.2 Å². The Kier molecular flexibility index (Phi) is 4.42. The molecule has 15 heavy (non-hydrogen) atoms. The first-order valence-electron chi connectivity index (χ1n) is 6.29. The Bertz CT molecular complexity index is 178. The van der Waals surface area contributed by atoms with Crippen molar-refractivity contribution in [3.63, 3.8) is 0 Å². The van der Waals surface area contributed by atoms with Crippen molar-refractivity contribution in [3.8, 4) is 0 Å². The van der Waals surface area contributed by atoms with Crippen molar-refractivity contribution < 1.29 is 9.47 Å². The third-order valence-corrected chi connectivity index (χ3v) is 3.79. The van der Waals surface area contributed by atoms with E-state index >= 15 is 0 Å². The van der Waals surface area contributed by atoms with Crippen molar-refractivity contribution in [1.29, 1.82) is 0 Å². The first-order chi connectivity index (χ1) is 7.40. The van der Waals surface area contributed by atoms with Crippen LogP contribution < -0.4 is 5.73 Å². The van der Waals surface area contributed by atoms with Crippen molar-refractivity contribution in [3.05, 3.63) is 0 Å². The van der Waals surface area contributed by atoms with Gasteiger partial charge in [0.2, 0.25) is 0 Å². The molecule has 0 amide bonds. The summed E-state index contributed by atoms with van der Waals surface area (Å²) in [7, 11) is 0. The Labute approximate surface area is 92.3 Å². The van der Waals surface area contributed by atoms with Crippen LogP contribution in [-0.4, -0.2) is 32.5 Å². The van der Waals surface area contributed by atoms with Gasteiger partial charge in [0.15, 0.2) is 0 Å². The molecule has 3 nitrogen and oxygen atoms in total. The molecule has 2 unspecified atom stereocenters. The predicted octanol–water partition coefficient (Wildman–Crippen LogP) is 1.56. The van der Waals surface area contributed by atoms with Gasteiger partial charge in [0, 0.05) is 19.8 Å². The Hall–Kier alpha value is -0.120. The molecule has 2 rings (SSSR count). The van der Waals surface area contributed by atoms with Gasteiger partial charge in [-0.05, 0) is 50.5 Å². The van der Waals surface area contributed by atoms with E-state index < -0.39 is 0 Å². The topological polar surface area (TPSA) is 44.5 Å². The first-order valence-corrected chi connectivity index (χ1v) is 6.29. The highest BCUT2D eigenvalue weighted by atomic mass is 16.5. The van der Waals surface area contributed by atoms with Crippen LogP contribution in [0.4, 0.5) is 0 Å². The fraction of sp³-hybridized carbons (Fsp3) is 1.00. The highest BCUT2D eigenvalue weighted by Crippen LogP contribution is 2.31. The van der Waals surface area contributed by atoms with Gasteiger partial charge in [-0.25, -0.2) is 0 Å². The third-order valence-electron chi connectivity index (χ3n) is 3.79. The molecule has 0 saturated carbocycles. The zero-order valence-electron chi connectivity index (χ0n) is 9.49. The number of nitrogens with two attached hydrogens (primary N) is 1. The maximum absolute atomic E-state index is 5.90. The third kappa shape index (κ3) is 3.16. The van der Waals surface area contributed by atoms with Crippen molar-refractivity contribution in [2.75, 3.05) is 26.4 Å². The molecule has 0 spiro atoms. The Balaban J connectivity index is 1.80. The van der Waals surface area contributed by atoms with Crippen LogP contribution in [0.5, 0.6) is 0 Å². The molecule has 0 aromatic carbocycles. The molecule has 0 aliphatic carbocycles. The van der Waals surface area contributed by atoms with Crippen molar-refractivity contribution in [1.82, 2.24) is 0 Å². The molecule has 2 atom stereocenters. The minimum absolute atomic E-state index is 0.485. The van der Waals surface area contributed by atoms with E-state index in [0.29, 0.717) is 6.10 Å². The molecule has 0 aromatic rings. The summed E-state index contributed by atoms with van der Waals surface area (Å²) in [5.41, 5.74) is 5.62. The zero-order valence-corrected chi connectivity index (χ0v) is 9.49. The minimum Gasteiger partial charge on any atom is -0.381 e. The molecule has 2 aliphatic heterocycles. The average molecular weight is 213 g/mol. The lowest BCUT2D eigenvalue weighted by Gasteiger charge is -2.36. The van der Waals surface area contributed by atoms with Gasteiger partial charge in [0.1, 0.15) is 0 Å². The second-order valence-electron chi connectivity index (χ2n) is 4.83. The van der Waals surface area contributed by atoms with Crippen LogP contribution in [0, 0.1) is 11.8 Å². The summed E-state index contributed by atoms with van der Waals surface area (Å²) in [6.07, 6.45) is 6.45. The first kappa shape index (κ1) is 11.4. The van der Waals surface area contributed by atoms with Gasteiger partial charge < -0.3 is 15.2 Å². The van der Waals surface area contributed by atoms with Crippen LogP contribution in [0.1, 0.15) is 32.1 Å². The van der Waals surface area contributed by atoms with E-state index in [0.717, 1.165) is 38.2 Å². The van der Waals surface area contributed by atoms with E-state index in [-0.39, 0.29) is 0 Å². The van der Waals surface area contributed by atoms with Crippen LogP contribution in [0.15, 0.2) is 0 Å². The quantitative estimate of drug-likeness (QED) is 0.773. The van der Waals surface area contributed by atoms with Crippen LogP contribution in [0.2, 0.25) is 0 Å². The molecule has 0 bridgehead atoms. The number of ether oxygens (including phenoxy) is 2. The minimum atomic E-state index is 0.485. The van der Waals surface area contributed by atoms with Crippen LogP contribution in [0.3, 0.4) is 0 Å². The van der Waals surface area contributed by atoms with E-state index in [4.69, 9.17) is 15.2 Å². The molecular weight excluding hydrogens is 190 g/mol. The van der Waals surface area contributed by atoms with Crippen LogP contribution >= 0.6 is 0 Å². The second kappa shape index (κ2) is 5.83. The normalized spacial score (nSPS) is 34.2. The molecule has 88 valence electrons. The van der Waals surface area contributed by atoms with Crippen LogP contribution in [-0.2, 0) is 9.47 Å². The molecular formula is C12H23NO2. The average Bonchev–Trinajstić information content (AvgIpc) is 2.31. The fourth-order valence-corrected chi connectivity index (χ4v) is 2.81. The fourth-order valence-electron chi connectivity index (χ4n) is 2.81. The zero-order chi connectivity index (χ0) is 10.5. The molecule has 2 aliphatic rings. The number of rotatable bonds is 3. The number of hydrogen-bond donors (Lipinski definition) is 1. The van der Waals surface area contributed by atoms with E-state index in [1.54, 1.807) is 0 Å². The van der Waals surface area contributed by atoms with E-state index in [9.17, 15) is 0 Å². The van der Waals surface area contributed by atoms with E-state index in [2.05, 4.69) is 0 Å². The predicted molar refractivity (Wildman–Crippen MR) is 59.7 cm³/mol. The lowest BCUT2D eigenvalue weighted by molar-refractivity contribution is -0.0713. The molecule has 2 N–H and O–H groups in total. The van der Waals surface area contributed by atoms with Gasteiger partial charge in [-0.3, -0.25) is 0 Å². The lowest BCUT2D eigenvalue weighted by Crippen LogP contribution is -2.35. The van der Waals surface area contributed by atoms with Gasteiger partial charge >= 0.3 is 0 Å². The van der Waals surface area contributed by atoms with Gasteiger partial charge in [0.05, 0.1) is 6.10 Å². The van der Waals surface area contributed by atoms with Gasteiger partial charge in [-0.2, -0.15) is 0 Å². The smallest absolute Gasteiger partial charge is 0.0607 e. The van der Waals surface area contributed by atoms with Gasteiger partial charge in [0.25, 0.3) is 0 Å². The molecule has 3 heteroatoms. The highest BCUT2D eigenvalue weighted by molar-refractivity contribution is 4.79. The molecule has 2 saturated heterocycles. The SMILES string of the molecule is NCCC1CCOC(C2CCOCC2)C1. The van der Waals surface area contributed by atoms with Crippen molar-refractivity contribution in [2.24, 2.45) is 17.6 Å². The molecule has 0 aromatic heterocycles. The summed E-state index contributed by atoms with van der Waals surface area (Å²) in [6, 6.07) is 0. The Morgan fingerprint density at radius 2 is 1.87 bits per heavy atom.